The maximum atomic E-state index is 12.5. The number of benzene rings is 1. The van der Waals surface area contributed by atoms with E-state index in [2.05, 4.69) is 16.0 Å². The van der Waals surface area contributed by atoms with E-state index < -0.39 is 5.91 Å². The van der Waals surface area contributed by atoms with Crippen LogP contribution in [0.15, 0.2) is 30.0 Å². The highest BCUT2D eigenvalue weighted by Crippen LogP contribution is 2.26. The molecule has 1 aliphatic rings. The topological polar surface area (TPSA) is 103 Å². The van der Waals surface area contributed by atoms with Crippen LogP contribution in [0.1, 0.15) is 43.9 Å². The highest BCUT2D eigenvalue weighted by molar-refractivity contribution is 5.98. The molecule has 1 aromatic carbocycles. The van der Waals surface area contributed by atoms with E-state index in [0.29, 0.717) is 12.4 Å². The largest absolute Gasteiger partial charge is 0.494 e. The summed E-state index contributed by atoms with van der Waals surface area (Å²) in [5, 5.41) is 17.9. The molecule has 2 amide bonds. The Balaban J connectivity index is 2.04. The fourth-order valence-electron chi connectivity index (χ4n) is 3.14. The Hall–Kier alpha value is -2.85. The van der Waals surface area contributed by atoms with Crippen molar-refractivity contribution in [3.63, 3.8) is 0 Å². The van der Waals surface area contributed by atoms with E-state index in [4.69, 9.17) is 4.74 Å². The van der Waals surface area contributed by atoms with Crippen molar-refractivity contribution in [1.82, 2.24) is 16.0 Å². The molecule has 150 valence electrons. The molecule has 1 saturated heterocycles. The molecule has 1 aromatic rings. The van der Waals surface area contributed by atoms with E-state index in [9.17, 15) is 14.9 Å². The summed E-state index contributed by atoms with van der Waals surface area (Å²) >= 11 is 0. The molecule has 1 atom stereocenters. The molecule has 28 heavy (non-hydrogen) atoms. The quantitative estimate of drug-likeness (QED) is 0.493. The lowest BCUT2D eigenvalue weighted by Crippen LogP contribution is -2.37. The number of hydrogen-bond acceptors (Lipinski definition) is 5. The Kier molecular flexibility index (Phi) is 8.02. The summed E-state index contributed by atoms with van der Waals surface area (Å²) in [7, 11) is 0. The Morgan fingerprint density at radius 3 is 2.75 bits per heavy atom. The number of piperidine rings is 1. The van der Waals surface area contributed by atoms with E-state index in [1.807, 2.05) is 45.0 Å². The monoisotopic (exact) mass is 384 g/mol. The van der Waals surface area contributed by atoms with Crippen molar-refractivity contribution in [2.45, 2.75) is 39.7 Å². The van der Waals surface area contributed by atoms with Crippen LogP contribution in [-0.4, -0.2) is 31.5 Å². The number of amides is 2. The van der Waals surface area contributed by atoms with Gasteiger partial charge in [-0.1, -0.05) is 17.7 Å². The molecule has 1 heterocycles. The predicted octanol–water partition coefficient (Wildman–Crippen LogP) is 2.09. The molecule has 7 heteroatoms. The molecule has 0 aromatic heterocycles. The van der Waals surface area contributed by atoms with Crippen LogP contribution in [0.2, 0.25) is 0 Å². The maximum absolute atomic E-state index is 12.5. The summed E-state index contributed by atoms with van der Waals surface area (Å²) in [5.41, 5.74) is 1.75. The van der Waals surface area contributed by atoms with Gasteiger partial charge in [0.05, 0.1) is 12.6 Å². The molecule has 0 saturated carbocycles. The molecule has 0 aliphatic carbocycles. The molecule has 0 radical (unpaired) electrons. The third kappa shape index (κ3) is 5.83. The van der Waals surface area contributed by atoms with Crippen molar-refractivity contribution in [3.8, 4) is 11.8 Å². The van der Waals surface area contributed by atoms with Gasteiger partial charge in [0.1, 0.15) is 17.4 Å². The molecule has 0 bridgehead atoms. The summed E-state index contributed by atoms with van der Waals surface area (Å²) in [5.74, 6) is -0.0972. The summed E-state index contributed by atoms with van der Waals surface area (Å²) in [6.45, 7) is 7.80. The molecular formula is C21H28N4O3. The van der Waals surface area contributed by atoms with E-state index >= 15 is 0 Å². The van der Waals surface area contributed by atoms with Gasteiger partial charge in [0.25, 0.3) is 5.91 Å². The van der Waals surface area contributed by atoms with Crippen molar-refractivity contribution in [1.29, 1.82) is 5.26 Å². The van der Waals surface area contributed by atoms with Gasteiger partial charge < -0.3 is 20.7 Å². The van der Waals surface area contributed by atoms with E-state index in [-0.39, 0.29) is 23.4 Å². The zero-order chi connectivity index (χ0) is 20.5. The van der Waals surface area contributed by atoms with Crippen LogP contribution >= 0.6 is 0 Å². The maximum Gasteiger partial charge on any atom is 0.263 e. The van der Waals surface area contributed by atoms with Gasteiger partial charge in [0.15, 0.2) is 0 Å². The van der Waals surface area contributed by atoms with Crippen molar-refractivity contribution < 1.29 is 14.3 Å². The van der Waals surface area contributed by atoms with Crippen molar-refractivity contribution in [2.75, 3.05) is 19.7 Å². The smallest absolute Gasteiger partial charge is 0.263 e. The molecule has 3 N–H and O–H groups in total. The van der Waals surface area contributed by atoms with Gasteiger partial charge in [-0.2, -0.15) is 5.26 Å². The number of carbonyl (C=O) groups is 2. The number of nitrogens with zero attached hydrogens (tertiary/aromatic N) is 1. The number of carbonyl (C=O) groups excluding carboxylic acids is 2. The standard InChI is InChI=1S/C21H28N4O3/c1-4-28-19-6-5-14(2)11-18(19)15(3)25-21(27)17(12-22)13-24-20(26)16-7-9-23-10-8-16/h5-6,11,13,15-16,23H,4,7-10H2,1-3H3,(H,24,26)(H,25,27)/b17-13-. The van der Waals surface area contributed by atoms with Gasteiger partial charge in [-0.25, -0.2) is 0 Å². The molecule has 1 fully saturated rings. The van der Waals surface area contributed by atoms with Gasteiger partial charge in [-0.05, 0) is 52.8 Å². The molecule has 0 spiro atoms. The zero-order valence-corrected chi connectivity index (χ0v) is 16.7. The Morgan fingerprint density at radius 2 is 2.11 bits per heavy atom. The lowest BCUT2D eigenvalue weighted by atomic mass is 9.97. The lowest BCUT2D eigenvalue weighted by molar-refractivity contribution is -0.124. The van der Waals surface area contributed by atoms with Crippen LogP contribution in [0.4, 0.5) is 0 Å². The van der Waals surface area contributed by atoms with Crippen molar-refractivity contribution in [2.24, 2.45) is 5.92 Å². The average molecular weight is 384 g/mol. The number of nitriles is 1. The number of hydrogen-bond donors (Lipinski definition) is 3. The number of nitrogens with one attached hydrogen (secondary N) is 3. The third-order valence-corrected chi connectivity index (χ3v) is 4.71. The van der Waals surface area contributed by atoms with Gasteiger partial charge in [-0.3, -0.25) is 9.59 Å². The van der Waals surface area contributed by atoms with Gasteiger partial charge in [0.2, 0.25) is 5.91 Å². The molecule has 1 unspecified atom stereocenters. The van der Waals surface area contributed by atoms with Gasteiger partial charge >= 0.3 is 0 Å². The average Bonchev–Trinajstić information content (AvgIpc) is 2.70. The fourth-order valence-corrected chi connectivity index (χ4v) is 3.14. The second-order valence-electron chi connectivity index (χ2n) is 6.87. The van der Waals surface area contributed by atoms with Crippen molar-refractivity contribution >= 4 is 11.8 Å². The summed E-state index contributed by atoms with van der Waals surface area (Å²) in [4.78, 5) is 24.7. The number of rotatable bonds is 7. The lowest BCUT2D eigenvalue weighted by Gasteiger charge is -2.21. The SMILES string of the molecule is CCOc1ccc(C)cc1C(C)NC(=O)/C(C#N)=C\NC(=O)C1CCNCC1. The van der Waals surface area contributed by atoms with Crippen molar-refractivity contribution in [3.05, 3.63) is 41.1 Å². The minimum Gasteiger partial charge on any atom is -0.494 e. The molecule has 7 nitrogen and oxygen atoms in total. The minimum atomic E-state index is -0.537. The van der Waals surface area contributed by atoms with Gasteiger partial charge in [-0.15, -0.1) is 0 Å². The Bertz CT molecular complexity index is 776. The first-order chi connectivity index (χ1) is 13.5. The molecule has 2 rings (SSSR count). The Morgan fingerprint density at radius 1 is 1.39 bits per heavy atom. The van der Waals surface area contributed by atoms with E-state index in [1.165, 1.54) is 6.20 Å². The summed E-state index contributed by atoms with van der Waals surface area (Å²) in [6, 6.07) is 7.27. The summed E-state index contributed by atoms with van der Waals surface area (Å²) < 4.78 is 5.63. The van der Waals surface area contributed by atoms with Crippen LogP contribution in [0, 0.1) is 24.2 Å². The second kappa shape index (κ2) is 10.5. The Labute approximate surface area is 166 Å². The van der Waals surface area contributed by atoms with Crippen LogP contribution in [-0.2, 0) is 9.59 Å². The summed E-state index contributed by atoms with van der Waals surface area (Å²) in [6.07, 6.45) is 2.70. The normalized spacial score (nSPS) is 16.0. The fraction of sp³-hybridized carbons (Fsp3) is 0.476. The highest BCUT2D eigenvalue weighted by atomic mass is 16.5. The van der Waals surface area contributed by atoms with Crippen LogP contribution in [0.25, 0.3) is 0 Å². The van der Waals surface area contributed by atoms with Crippen LogP contribution in [0.3, 0.4) is 0 Å². The second-order valence-corrected chi connectivity index (χ2v) is 6.87. The number of ether oxygens (including phenoxy) is 1. The first kappa shape index (κ1) is 21.5. The van der Waals surface area contributed by atoms with E-state index in [0.717, 1.165) is 37.1 Å². The van der Waals surface area contributed by atoms with Gasteiger partial charge in [0, 0.05) is 17.7 Å². The van der Waals surface area contributed by atoms with E-state index in [1.54, 1.807) is 0 Å². The minimum absolute atomic E-state index is 0.0968. The van der Waals surface area contributed by atoms with Crippen LogP contribution < -0.4 is 20.7 Å². The highest BCUT2D eigenvalue weighted by Gasteiger charge is 2.21. The molecule has 1 aliphatic heterocycles. The van der Waals surface area contributed by atoms with Crippen LogP contribution in [0.5, 0.6) is 5.75 Å². The molecular weight excluding hydrogens is 356 g/mol. The first-order valence-corrected chi connectivity index (χ1v) is 9.61. The first-order valence-electron chi connectivity index (χ1n) is 9.61. The third-order valence-electron chi connectivity index (χ3n) is 4.71. The predicted molar refractivity (Wildman–Crippen MR) is 106 cm³/mol. The zero-order valence-electron chi connectivity index (χ0n) is 16.7. The number of aryl methyl sites for hydroxylation is 1.